The van der Waals surface area contributed by atoms with Crippen LogP contribution in [-0.4, -0.2) is 121 Å². The highest BCUT2D eigenvalue weighted by Crippen LogP contribution is 2.22. The molecule has 44 heavy (non-hydrogen) atoms. The molecule has 1 heterocycles. The fraction of sp³-hybridized carbons (Fsp3) is 0.593. The van der Waals surface area contributed by atoms with Gasteiger partial charge < -0.3 is 39.7 Å². The van der Waals surface area contributed by atoms with E-state index < -0.39 is 40.0 Å². The molecule has 2 rings (SSSR count). The van der Waals surface area contributed by atoms with Crippen molar-refractivity contribution in [3.8, 4) is 0 Å². The summed E-state index contributed by atoms with van der Waals surface area (Å²) in [4.78, 5) is 53.9. The van der Waals surface area contributed by atoms with Crippen LogP contribution >= 0.6 is 0 Å². The van der Waals surface area contributed by atoms with E-state index in [-0.39, 0.29) is 35.3 Å². The number of rotatable bonds is 10. The van der Waals surface area contributed by atoms with E-state index in [0.717, 1.165) is 4.90 Å². The predicted molar refractivity (Wildman–Crippen MR) is 165 cm³/mol. The predicted octanol–water partition coefficient (Wildman–Crippen LogP) is -0.0257. The normalized spacial score (nSPS) is 14.7. The number of amides is 2. The molecule has 4 atom stereocenters. The molecule has 0 bridgehead atoms. The number of imide groups is 1. The summed E-state index contributed by atoms with van der Waals surface area (Å²) >= 11 is -4.31. The van der Waals surface area contributed by atoms with Crippen LogP contribution in [0.4, 0.5) is 0 Å². The SMILES string of the molecule is C=O.CC(C)(C)OC=O.CC(C)(C)OC=O.CN(C)C[C@@H](N)CS(=O)[O-].N[C@H](CN1C(=O)c2ccccc2C1=O)CS(=O)[O-]. The van der Waals surface area contributed by atoms with E-state index in [0.29, 0.717) is 30.6 Å². The first-order chi connectivity index (χ1) is 20.1. The number of carbonyl (C=O) groups excluding carboxylic acids is 5. The standard InChI is InChI=1S/C11H12N2O4S.C5H14N2O2S.2C5H10O2.CH2O/c12-7(6-18(16)17)5-13-10(14)8-3-1-2-4-9(8)11(13)15;1-7(2)3-5(6)4-10(8)9;2*1-5(2,3)7-4-6;1-2/h1-4,7H,5-6,12H2,(H,16,17);5H,3-4,6H2,1-2H3,(H,8,9);2*4H,1-3H3;1H2/p-2/t7-;5-;;;/m11.../s1. The highest BCUT2D eigenvalue weighted by molar-refractivity contribution is 7.79. The Balaban J connectivity index is -0.000000551. The fourth-order valence-electron chi connectivity index (χ4n) is 2.85. The maximum absolute atomic E-state index is 11.9. The van der Waals surface area contributed by atoms with E-state index in [1.54, 1.807) is 24.3 Å². The molecule has 0 radical (unpaired) electrons. The molecule has 0 aliphatic carbocycles. The fourth-order valence-corrected chi connectivity index (χ4v) is 3.76. The summed E-state index contributed by atoms with van der Waals surface area (Å²) < 4.78 is 50.3. The van der Waals surface area contributed by atoms with Crippen molar-refractivity contribution >= 4 is 53.7 Å². The van der Waals surface area contributed by atoms with Crippen molar-refractivity contribution in [3.05, 3.63) is 35.4 Å². The number of fused-ring (bicyclic) bond motifs is 1. The van der Waals surface area contributed by atoms with Gasteiger partial charge in [-0.15, -0.1) is 0 Å². The van der Waals surface area contributed by atoms with Gasteiger partial charge in [0.25, 0.3) is 24.8 Å². The summed E-state index contributed by atoms with van der Waals surface area (Å²) in [7, 11) is 3.71. The quantitative estimate of drug-likeness (QED) is 0.189. The van der Waals surface area contributed by atoms with Crippen LogP contribution in [-0.2, 0) is 46.0 Å². The molecule has 17 heteroatoms. The van der Waals surface area contributed by atoms with Gasteiger partial charge >= 0.3 is 0 Å². The summed E-state index contributed by atoms with van der Waals surface area (Å²) in [6, 6.07) is 5.42. The Kier molecular flexibility index (Phi) is 24.3. The number of ether oxygens (including phenoxy) is 2. The van der Waals surface area contributed by atoms with Gasteiger partial charge in [-0.25, -0.2) is 0 Å². The zero-order valence-electron chi connectivity index (χ0n) is 26.5. The first kappa shape index (κ1) is 45.5. The maximum Gasteiger partial charge on any atom is 0.293 e. The second-order valence-corrected chi connectivity index (χ2v) is 13.0. The lowest BCUT2D eigenvalue weighted by molar-refractivity contribution is -0.139. The third-order valence-corrected chi connectivity index (χ3v) is 5.80. The van der Waals surface area contributed by atoms with Gasteiger partial charge in [-0.05, 0) is 67.8 Å². The van der Waals surface area contributed by atoms with Crippen LogP contribution in [0.1, 0.15) is 62.3 Å². The molecule has 1 aromatic carbocycles. The molecule has 4 N–H and O–H groups in total. The molecule has 0 aromatic heterocycles. The monoisotopic (exact) mass is 666 g/mol. The summed E-state index contributed by atoms with van der Waals surface area (Å²) in [5.41, 5.74) is 11.0. The van der Waals surface area contributed by atoms with Gasteiger partial charge in [0.15, 0.2) is 0 Å². The second-order valence-electron chi connectivity index (χ2n) is 11.1. The molecular weight excluding hydrogens is 620 g/mol. The van der Waals surface area contributed by atoms with Gasteiger partial charge in [-0.2, -0.15) is 0 Å². The van der Waals surface area contributed by atoms with Crippen molar-refractivity contribution < 1.29 is 51.0 Å². The minimum absolute atomic E-state index is 0.0399. The third kappa shape index (κ3) is 24.5. The molecule has 1 aromatic rings. The van der Waals surface area contributed by atoms with E-state index >= 15 is 0 Å². The molecule has 1 aliphatic rings. The zero-order valence-corrected chi connectivity index (χ0v) is 28.1. The molecule has 1 aliphatic heterocycles. The van der Waals surface area contributed by atoms with Gasteiger partial charge in [0.05, 0.1) is 11.1 Å². The van der Waals surface area contributed by atoms with Crippen LogP contribution in [0, 0.1) is 0 Å². The number of hydrogen-bond donors (Lipinski definition) is 2. The molecule has 0 fully saturated rings. The Hall–Kier alpha value is -2.93. The molecular formula is C27H46N4O11S2-2. The second kappa shape index (κ2) is 23.5. The van der Waals surface area contributed by atoms with Crippen molar-refractivity contribution in [3.63, 3.8) is 0 Å². The highest BCUT2D eigenvalue weighted by Gasteiger charge is 2.35. The van der Waals surface area contributed by atoms with Crippen molar-refractivity contribution in [2.24, 2.45) is 11.5 Å². The number of carbonyl (C=O) groups is 5. The van der Waals surface area contributed by atoms with Crippen LogP contribution in [0.15, 0.2) is 24.3 Å². The van der Waals surface area contributed by atoms with Crippen LogP contribution in [0.3, 0.4) is 0 Å². The van der Waals surface area contributed by atoms with Gasteiger partial charge in [0.2, 0.25) is 0 Å². The molecule has 0 saturated carbocycles. The van der Waals surface area contributed by atoms with E-state index in [1.807, 2.05) is 67.3 Å². The first-order valence-corrected chi connectivity index (χ1v) is 15.4. The lowest BCUT2D eigenvalue weighted by Crippen LogP contribution is -2.43. The van der Waals surface area contributed by atoms with Gasteiger partial charge in [-0.1, -0.05) is 34.3 Å². The third-order valence-electron chi connectivity index (χ3n) is 4.40. The molecule has 0 saturated heterocycles. The average molecular weight is 667 g/mol. The van der Waals surface area contributed by atoms with Crippen molar-refractivity contribution in [2.45, 2.75) is 64.8 Å². The minimum atomic E-state index is -2.29. The Morgan fingerprint density at radius 1 is 0.841 bits per heavy atom. The van der Waals surface area contributed by atoms with Crippen LogP contribution < -0.4 is 11.5 Å². The van der Waals surface area contributed by atoms with Crippen LogP contribution in [0.5, 0.6) is 0 Å². The summed E-state index contributed by atoms with van der Waals surface area (Å²) in [6.45, 7) is 14.3. The topological polar surface area (TPSA) is 243 Å². The molecule has 2 unspecified atom stereocenters. The number of benzene rings is 1. The smallest absolute Gasteiger partial charge is 0.293 e. The lowest BCUT2D eigenvalue weighted by atomic mass is 10.1. The zero-order chi connectivity index (χ0) is 35.3. The number of nitrogens with zero attached hydrogens (tertiary/aromatic N) is 2. The average Bonchev–Trinajstić information content (AvgIpc) is 3.08. The minimum Gasteiger partial charge on any atom is -0.772 e. The van der Waals surface area contributed by atoms with Gasteiger partial charge in [0.1, 0.15) is 18.0 Å². The van der Waals surface area contributed by atoms with E-state index in [2.05, 4.69) is 9.47 Å². The van der Waals surface area contributed by atoms with E-state index in [9.17, 15) is 36.7 Å². The lowest BCUT2D eigenvalue weighted by Gasteiger charge is -2.19. The van der Waals surface area contributed by atoms with E-state index in [1.165, 1.54) is 0 Å². The molecule has 2 amide bonds. The largest absolute Gasteiger partial charge is 0.772 e. The van der Waals surface area contributed by atoms with Crippen LogP contribution in [0.25, 0.3) is 0 Å². The molecule has 15 nitrogen and oxygen atoms in total. The Morgan fingerprint density at radius 3 is 1.43 bits per heavy atom. The molecule has 254 valence electrons. The summed E-state index contributed by atoms with van der Waals surface area (Å²) in [5.74, 6) is -1.10. The first-order valence-electron chi connectivity index (χ1n) is 12.9. The summed E-state index contributed by atoms with van der Waals surface area (Å²) in [5, 5.41) is 0. The van der Waals surface area contributed by atoms with Crippen molar-refractivity contribution in [1.82, 2.24) is 9.80 Å². The van der Waals surface area contributed by atoms with Crippen molar-refractivity contribution in [1.29, 1.82) is 0 Å². The Labute approximate surface area is 264 Å². The highest BCUT2D eigenvalue weighted by atomic mass is 32.2. The Bertz CT molecular complexity index is 1010. The Morgan fingerprint density at radius 2 is 1.18 bits per heavy atom. The number of nitrogens with two attached hydrogens (primary N) is 2. The molecule has 0 spiro atoms. The summed E-state index contributed by atoms with van der Waals surface area (Å²) in [6.07, 6.45) is 0. The van der Waals surface area contributed by atoms with Crippen LogP contribution in [0.2, 0.25) is 0 Å². The number of hydrogen-bond acceptors (Lipinski definition) is 14. The van der Waals surface area contributed by atoms with Gasteiger partial charge in [-0.3, -0.25) is 32.5 Å². The number of likely N-dealkylation sites (N-methyl/N-ethyl adjacent to an activating group) is 1. The van der Waals surface area contributed by atoms with Gasteiger partial charge in [0, 0.05) is 36.7 Å². The maximum atomic E-state index is 11.9. The van der Waals surface area contributed by atoms with Crippen molar-refractivity contribution in [2.75, 3.05) is 38.7 Å². The van der Waals surface area contributed by atoms with E-state index in [4.69, 9.17) is 16.3 Å².